The fourth-order valence-corrected chi connectivity index (χ4v) is 5.61. The molecule has 0 aliphatic carbocycles. The highest BCUT2D eigenvalue weighted by Crippen LogP contribution is 2.42. The molecule has 0 aliphatic heterocycles. The number of rotatable bonds is 12. The Balaban J connectivity index is 1.75. The van der Waals surface area contributed by atoms with E-state index in [0.29, 0.717) is 41.4 Å². The monoisotopic (exact) mass is 522 g/mol. The number of carbonyl (C=O) groups is 1. The van der Waals surface area contributed by atoms with Crippen LogP contribution in [-0.2, 0) is 11.0 Å². The zero-order chi connectivity index (χ0) is 26.3. The summed E-state index contributed by atoms with van der Waals surface area (Å²) in [7, 11) is 1.53. The predicted octanol–water partition coefficient (Wildman–Crippen LogP) is 8.69. The van der Waals surface area contributed by atoms with E-state index in [2.05, 4.69) is 6.92 Å². The van der Waals surface area contributed by atoms with Gasteiger partial charge in [0.15, 0.2) is 11.5 Å². The molecule has 4 nitrogen and oxygen atoms in total. The number of ether oxygens (including phenoxy) is 3. The van der Waals surface area contributed by atoms with Crippen LogP contribution in [0.3, 0.4) is 0 Å². The summed E-state index contributed by atoms with van der Waals surface area (Å²) < 4.78 is 57.1. The first-order valence-corrected chi connectivity index (χ1v) is 13.1. The molecule has 0 saturated heterocycles. The van der Waals surface area contributed by atoms with E-state index in [1.54, 1.807) is 24.3 Å². The molecule has 36 heavy (non-hydrogen) atoms. The number of esters is 1. The minimum Gasteiger partial charge on any atom is -0.493 e. The van der Waals surface area contributed by atoms with Gasteiger partial charge in [-0.25, -0.2) is 0 Å². The topological polar surface area (TPSA) is 44.8 Å². The first-order valence-electron chi connectivity index (χ1n) is 12.3. The summed E-state index contributed by atoms with van der Waals surface area (Å²) in [6, 6.07) is 9.02. The Kier molecular flexibility index (Phi) is 9.65. The fraction of sp³-hybridized carbons (Fsp3) is 0.464. The van der Waals surface area contributed by atoms with E-state index in [4.69, 9.17) is 14.2 Å². The van der Waals surface area contributed by atoms with Gasteiger partial charge in [-0.1, -0.05) is 32.8 Å². The minimum absolute atomic E-state index is 0.178. The summed E-state index contributed by atoms with van der Waals surface area (Å²) in [6.07, 6.45) is 0.399. The maximum atomic E-state index is 13.2. The highest BCUT2D eigenvalue weighted by atomic mass is 32.1. The predicted molar refractivity (Wildman–Crippen MR) is 137 cm³/mol. The Hall–Kier alpha value is -2.74. The molecule has 1 unspecified atom stereocenters. The molecule has 3 aromatic rings. The molecule has 1 atom stereocenters. The SMILES string of the molecule is CCCCC(CCOc1ccc(OC(=O)CCC)cc1OC)c1sc2cc(C(F)(F)F)ccc2c1C. The normalized spacial score (nSPS) is 12.5. The lowest BCUT2D eigenvalue weighted by Gasteiger charge is -2.18. The first-order chi connectivity index (χ1) is 17.2. The van der Waals surface area contributed by atoms with Crippen LogP contribution < -0.4 is 14.2 Å². The standard InChI is InChI=1S/C28H33F3O4S/c1-5-7-9-19(27-18(3)22-12-10-20(28(29,30)31)16-25(22)36-27)14-15-34-23-13-11-21(17-24(23)33-4)35-26(32)8-6-2/h10-13,16-17,19H,5-9,14-15H2,1-4H3. The number of unbranched alkanes of at least 4 members (excludes halogenated alkanes) is 1. The van der Waals surface area contributed by atoms with E-state index in [0.717, 1.165) is 47.6 Å². The van der Waals surface area contributed by atoms with E-state index in [-0.39, 0.29) is 11.9 Å². The minimum atomic E-state index is -4.36. The van der Waals surface area contributed by atoms with Crippen molar-refractivity contribution < 1.29 is 32.2 Å². The van der Waals surface area contributed by atoms with Crippen LogP contribution in [0, 0.1) is 6.92 Å². The lowest BCUT2D eigenvalue weighted by Crippen LogP contribution is -2.08. The van der Waals surface area contributed by atoms with Gasteiger partial charge < -0.3 is 14.2 Å². The smallest absolute Gasteiger partial charge is 0.416 e. The van der Waals surface area contributed by atoms with Crippen LogP contribution in [0.5, 0.6) is 17.2 Å². The van der Waals surface area contributed by atoms with Gasteiger partial charge in [-0.3, -0.25) is 4.79 Å². The molecule has 0 aliphatic rings. The lowest BCUT2D eigenvalue weighted by molar-refractivity contribution is -0.137. The molecule has 0 bridgehead atoms. The van der Waals surface area contributed by atoms with Gasteiger partial charge in [-0.05, 0) is 67.3 Å². The van der Waals surface area contributed by atoms with Gasteiger partial charge in [0.2, 0.25) is 0 Å². The maximum Gasteiger partial charge on any atom is 0.416 e. The molecule has 2 aromatic carbocycles. The van der Waals surface area contributed by atoms with E-state index in [1.807, 2.05) is 13.8 Å². The number of aryl methyl sites for hydroxylation is 1. The van der Waals surface area contributed by atoms with Crippen molar-refractivity contribution in [1.82, 2.24) is 0 Å². The summed E-state index contributed by atoms with van der Waals surface area (Å²) in [5, 5.41) is 0.875. The molecule has 0 fully saturated rings. The Morgan fingerprint density at radius 2 is 1.81 bits per heavy atom. The van der Waals surface area contributed by atoms with Crippen LogP contribution in [0.2, 0.25) is 0 Å². The van der Waals surface area contributed by atoms with Crippen molar-refractivity contribution >= 4 is 27.4 Å². The third-order valence-corrected chi connectivity index (χ3v) is 7.54. The van der Waals surface area contributed by atoms with E-state index >= 15 is 0 Å². The van der Waals surface area contributed by atoms with Crippen molar-refractivity contribution in [2.75, 3.05) is 13.7 Å². The van der Waals surface area contributed by atoms with Gasteiger partial charge in [0.1, 0.15) is 5.75 Å². The van der Waals surface area contributed by atoms with Crippen molar-refractivity contribution in [1.29, 1.82) is 0 Å². The van der Waals surface area contributed by atoms with Crippen molar-refractivity contribution in [2.45, 2.75) is 71.4 Å². The summed E-state index contributed by atoms with van der Waals surface area (Å²) in [6.45, 7) is 6.44. The second-order valence-corrected chi connectivity index (χ2v) is 9.90. The highest BCUT2D eigenvalue weighted by Gasteiger charge is 2.31. The highest BCUT2D eigenvalue weighted by molar-refractivity contribution is 7.19. The third kappa shape index (κ3) is 6.93. The average molecular weight is 523 g/mol. The van der Waals surface area contributed by atoms with Gasteiger partial charge in [0.05, 0.1) is 19.3 Å². The summed E-state index contributed by atoms with van der Waals surface area (Å²) in [4.78, 5) is 12.9. The zero-order valence-corrected chi connectivity index (χ0v) is 22.0. The molecular formula is C28H33F3O4S. The fourth-order valence-electron chi connectivity index (χ4n) is 4.20. The lowest BCUT2D eigenvalue weighted by atomic mass is 9.94. The molecule has 0 amide bonds. The summed E-state index contributed by atoms with van der Waals surface area (Å²) in [5.74, 6) is 1.30. The number of benzene rings is 2. The average Bonchev–Trinajstić information content (AvgIpc) is 3.17. The van der Waals surface area contributed by atoms with Crippen molar-refractivity contribution in [2.24, 2.45) is 0 Å². The Morgan fingerprint density at radius 1 is 1.03 bits per heavy atom. The number of hydrogen-bond donors (Lipinski definition) is 0. The first kappa shape index (κ1) is 27.8. The van der Waals surface area contributed by atoms with Gasteiger partial charge in [-0.15, -0.1) is 11.3 Å². The van der Waals surface area contributed by atoms with Crippen LogP contribution in [0.1, 0.15) is 74.3 Å². The van der Waals surface area contributed by atoms with Crippen molar-refractivity contribution in [3.8, 4) is 17.2 Å². The molecule has 0 N–H and O–H groups in total. The molecule has 8 heteroatoms. The molecule has 0 saturated carbocycles. The van der Waals surface area contributed by atoms with E-state index in [1.165, 1.54) is 24.5 Å². The van der Waals surface area contributed by atoms with Gasteiger partial charge in [0.25, 0.3) is 0 Å². The van der Waals surface area contributed by atoms with Crippen LogP contribution in [0.25, 0.3) is 10.1 Å². The van der Waals surface area contributed by atoms with Crippen LogP contribution in [0.15, 0.2) is 36.4 Å². The molecule has 3 rings (SSSR count). The third-order valence-electron chi connectivity index (χ3n) is 6.12. The number of fused-ring (bicyclic) bond motifs is 1. The zero-order valence-electron chi connectivity index (χ0n) is 21.2. The number of alkyl halides is 3. The second kappa shape index (κ2) is 12.5. The Bertz CT molecular complexity index is 1170. The number of hydrogen-bond acceptors (Lipinski definition) is 5. The van der Waals surface area contributed by atoms with Crippen molar-refractivity contribution in [3.05, 3.63) is 52.4 Å². The Morgan fingerprint density at radius 3 is 2.47 bits per heavy atom. The van der Waals surface area contributed by atoms with Crippen LogP contribution in [0.4, 0.5) is 13.2 Å². The van der Waals surface area contributed by atoms with Gasteiger partial charge >= 0.3 is 12.1 Å². The van der Waals surface area contributed by atoms with Crippen LogP contribution >= 0.6 is 11.3 Å². The maximum absolute atomic E-state index is 13.2. The molecule has 1 aromatic heterocycles. The van der Waals surface area contributed by atoms with Crippen molar-refractivity contribution in [3.63, 3.8) is 0 Å². The Labute approximate surface area is 214 Å². The van der Waals surface area contributed by atoms with Gasteiger partial charge in [-0.2, -0.15) is 13.2 Å². The largest absolute Gasteiger partial charge is 0.493 e. The number of halogens is 3. The molecule has 1 heterocycles. The molecule has 0 spiro atoms. The van der Waals surface area contributed by atoms with E-state index < -0.39 is 11.7 Å². The van der Waals surface area contributed by atoms with Gasteiger partial charge in [0, 0.05) is 22.1 Å². The molecule has 0 radical (unpaired) electrons. The molecular weight excluding hydrogens is 489 g/mol. The summed E-state index contributed by atoms with van der Waals surface area (Å²) in [5.41, 5.74) is 0.424. The number of thiophene rings is 1. The second-order valence-electron chi connectivity index (χ2n) is 8.81. The number of methoxy groups -OCH3 is 1. The van der Waals surface area contributed by atoms with Crippen LogP contribution in [-0.4, -0.2) is 19.7 Å². The number of carbonyl (C=O) groups excluding carboxylic acids is 1. The molecule has 196 valence electrons. The summed E-state index contributed by atoms with van der Waals surface area (Å²) >= 11 is 1.45. The quantitative estimate of drug-likeness (QED) is 0.176. The van der Waals surface area contributed by atoms with E-state index in [9.17, 15) is 18.0 Å².